The smallest absolute Gasteiger partial charge is 0.248 e. The van der Waals surface area contributed by atoms with Crippen molar-refractivity contribution < 1.29 is 19.1 Å². The minimum Gasteiger partial charge on any atom is -0.492 e. The van der Waals surface area contributed by atoms with Gasteiger partial charge in [-0.25, -0.2) is 0 Å². The Hall–Kier alpha value is -3.31. The van der Waals surface area contributed by atoms with Crippen LogP contribution >= 0.6 is 11.6 Å². The predicted molar refractivity (Wildman–Crippen MR) is 122 cm³/mol. The summed E-state index contributed by atoms with van der Waals surface area (Å²) in [5.41, 5.74) is 8.70. The van der Waals surface area contributed by atoms with Crippen molar-refractivity contribution in [3.05, 3.63) is 94.1 Å². The highest BCUT2D eigenvalue weighted by Gasteiger charge is 2.24. The number of hydrogen-bond donors (Lipinski definition) is 1. The molecule has 0 aromatic heterocycles. The van der Waals surface area contributed by atoms with Gasteiger partial charge < -0.3 is 15.2 Å². The van der Waals surface area contributed by atoms with Gasteiger partial charge in [-0.1, -0.05) is 42.5 Å². The first kappa shape index (κ1) is 22.4. The van der Waals surface area contributed by atoms with Gasteiger partial charge in [0.25, 0.3) is 0 Å². The number of Topliss-reactive ketones (excluding diaryl/α,β-unsaturated/α-hetero) is 1. The first-order valence-electron chi connectivity index (χ1n) is 9.84. The van der Waals surface area contributed by atoms with Gasteiger partial charge in [0.05, 0.1) is 12.2 Å². The van der Waals surface area contributed by atoms with Crippen molar-refractivity contribution in [1.82, 2.24) is 0 Å². The van der Waals surface area contributed by atoms with E-state index >= 15 is 0 Å². The largest absolute Gasteiger partial charge is 0.492 e. The number of carbonyl (C=O) groups is 2. The van der Waals surface area contributed by atoms with E-state index in [1.54, 1.807) is 36.4 Å². The lowest BCUT2D eigenvalue weighted by atomic mass is 9.99. The van der Waals surface area contributed by atoms with Crippen LogP contribution in [-0.2, 0) is 4.79 Å². The lowest BCUT2D eigenvalue weighted by molar-refractivity contribution is -0.114. The van der Waals surface area contributed by atoms with Gasteiger partial charge in [-0.3, -0.25) is 9.59 Å². The molecule has 0 fully saturated rings. The molecule has 0 spiro atoms. The number of fused-ring (bicyclic) bond motifs is 1. The van der Waals surface area contributed by atoms with Gasteiger partial charge in [-0.05, 0) is 55.3 Å². The fourth-order valence-corrected chi connectivity index (χ4v) is 3.46. The highest BCUT2D eigenvalue weighted by Crippen LogP contribution is 2.38. The Bertz CT molecular complexity index is 1080. The molecule has 2 N–H and O–H groups in total. The summed E-state index contributed by atoms with van der Waals surface area (Å²) >= 11 is 6.05. The minimum atomic E-state index is -0.560. The Balaban J connectivity index is 2.02. The molecule has 3 rings (SSSR count). The molecule has 0 bridgehead atoms. The minimum absolute atomic E-state index is 0.0646. The van der Waals surface area contributed by atoms with Crippen LogP contribution in [0.25, 0.3) is 0 Å². The number of nitrogens with two attached hydrogens (primary N) is 1. The quantitative estimate of drug-likeness (QED) is 0.472. The maximum absolute atomic E-state index is 12.2. The van der Waals surface area contributed by atoms with E-state index in [2.05, 4.69) is 6.58 Å². The van der Waals surface area contributed by atoms with E-state index in [1.165, 1.54) is 6.08 Å². The van der Waals surface area contributed by atoms with Crippen LogP contribution in [0.15, 0.2) is 72.4 Å². The van der Waals surface area contributed by atoms with E-state index < -0.39 is 12.0 Å². The van der Waals surface area contributed by atoms with Crippen LogP contribution in [0.5, 0.6) is 11.5 Å². The van der Waals surface area contributed by atoms with Crippen LogP contribution < -0.4 is 15.2 Å². The molecule has 1 atom stereocenters. The number of rotatable bonds is 7. The maximum Gasteiger partial charge on any atom is 0.248 e. The number of ether oxygens (including phenoxy) is 2. The first-order valence-corrected chi connectivity index (χ1v) is 10.2. The fraction of sp³-hybridized carbons (Fsp3) is 0.200. The molecular weight excluding hydrogens is 414 g/mol. The summed E-state index contributed by atoms with van der Waals surface area (Å²) in [7, 11) is 0. The van der Waals surface area contributed by atoms with Gasteiger partial charge in [0.2, 0.25) is 5.91 Å². The van der Waals surface area contributed by atoms with Crippen molar-refractivity contribution in [2.75, 3.05) is 6.61 Å². The summed E-state index contributed by atoms with van der Waals surface area (Å²) in [6.07, 6.45) is 4.70. The second kappa shape index (κ2) is 9.67. The maximum atomic E-state index is 12.2. The molecule has 1 amide bonds. The molecular formula is C25H24ClNO4. The second-order valence-corrected chi connectivity index (χ2v) is 7.67. The molecule has 5 nitrogen and oxygen atoms in total. The molecule has 1 aliphatic rings. The van der Waals surface area contributed by atoms with Gasteiger partial charge in [0.1, 0.15) is 17.6 Å². The zero-order valence-corrected chi connectivity index (χ0v) is 18.2. The number of benzene rings is 2. The van der Waals surface area contributed by atoms with Crippen LogP contribution in [0.4, 0.5) is 0 Å². The molecule has 1 heterocycles. The molecule has 1 aliphatic heterocycles. The Morgan fingerprint density at radius 3 is 2.58 bits per heavy atom. The zero-order chi connectivity index (χ0) is 22.5. The number of ketones is 1. The topological polar surface area (TPSA) is 78.6 Å². The number of primary amides is 1. The average molecular weight is 438 g/mol. The van der Waals surface area contributed by atoms with Gasteiger partial charge in [-0.15, -0.1) is 0 Å². The van der Waals surface area contributed by atoms with E-state index in [-0.39, 0.29) is 5.78 Å². The third-order valence-corrected chi connectivity index (χ3v) is 5.35. The second-order valence-electron chi connectivity index (χ2n) is 7.24. The molecule has 31 heavy (non-hydrogen) atoms. The predicted octanol–water partition coefficient (Wildman–Crippen LogP) is 5.28. The van der Waals surface area contributed by atoms with Crippen LogP contribution in [0, 0.1) is 6.92 Å². The molecule has 160 valence electrons. The first-order chi connectivity index (χ1) is 14.8. The number of amides is 1. The van der Waals surface area contributed by atoms with E-state index in [0.29, 0.717) is 40.7 Å². The Labute approximate surface area is 186 Å². The van der Waals surface area contributed by atoms with Crippen molar-refractivity contribution in [3.8, 4) is 11.5 Å². The standard InChI is InChI=1S/C25H24ClNO4/c1-4-17(25(27)29)6-5-15(2)23(18-7-9-19(26)10-8-18)31-22-12-11-20-21(28)13-14-30-24(20)16(22)3/h4-12,23H,1,13-14H2,2-3H3,(H2,27,29)/b15-5+,17-6+. The summed E-state index contributed by atoms with van der Waals surface area (Å²) in [6.45, 7) is 7.74. The van der Waals surface area contributed by atoms with Crippen LogP contribution in [0.3, 0.4) is 0 Å². The highest BCUT2D eigenvalue weighted by atomic mass is 35.5. The Kier molecular flexibility index (Phi) is 6.98. The molecule has 0 saturated carbocycles. The van der Waals surface area contributed by atoms with Gasteiger partial charge in [0.15, 0.2) is 5.78 Å². The normalized spacial score (nSPS) is 15.0. The Morgan fingerprint density at radius 2 is 1.94 bits per heavy atom. The fourth-order valence-electron chi connectivity index (χ4n) is 3.34. The van der Waals surface area contributed by atoms with E-state index in [4.69, 9.17) is 26.8 Å². The van der Waals surface area contributed by atoms with Gasteiger partial charge in [0, 0.05) is 22.6 Å². The van der Waals surface area contributed by atoms with Crippen molar-refractivity contribution in [2.24, 2.45) is 5.73 Å². The monoisotopic (exact) mass is 437 g/mol. The molecule has 0 radical (unpaired) electrons. The number of halogens is 1. The Morgan fingerprint density at radius 1 is 1.23 bits per heavy atom. The molecule has 0 saturated heterocycles. The van der Waals surface area contributed by atoms with Crippen LogP contribution in [0.2, 0.25) is 5.02 Å². The summed E-state index contributed by atoms with van der Waals surface area (Å²) < 4.78 is 12.1. The van der Waals surface area contributed by atoms with Gasteiger partial charge >= 0.3 is 0 Å². The third-order valence-electron chi connectivity index (χ3n) is 5.09. The number of carbonyl (C=O) groups excluding carboxylic acids is 2. The van der Waals surface area contributed by atoms with Crippen molar-refractivity contribution in [1.29, 1.82) is 0 Å². The SMILES string of the molecule is C=C/C(=C\C=C(/C)C(Oc1ccc2c(c1C)OCCC2=O)c1ccc(Cl)cc1)C(N)=O. The third kappa shape index (κ3) is 5.06. The van der Waals surface area contributed by atoms with Crippen molar-refractivity contribution in [3.63, 3.8) is 0 Å². The number of hydrogen-bond acceptors (Lipinski definition) is 4. The molecule has 1 unspecified atom stereocenters. The summed E-state index contributed by atoms with van der Waals surface area (Å²) in [5.74, 6) is 0.668. The van der Waals surface area contributed by atoms with Gasteiger partial charge in [-0.2, -0.15) is 0 Å². The molecule has 2 aromatic rings. The lowest BCUT2D eigenvalue weighted by Crippen LogP contribution is -2.17. The van der Waals surface area contributed by atoms with Crippen molar-refractivity contribution >= 4 is 23.3 Å². The average Bonchev–Trinajstić information content (AvgIpc) is 2.74. The summed E-state index contributed by atoms with van der Waals surface area (Å²) in [5, 5.41) is 0.614. The lowest BCUT2D eigenvalue weighted by Gasteiger charge is -2.25. The highest BCUT2D eigenvalue weighted by molar-refractivity contribution is 6.30. The van der Waals surface area contributed by atoms with E-state index in [9.17, 15) is 9.59 Å². The summed E-state index contributed by atoms with van der Waals surface area (Å²) in [4.78, 5) is 23.7. The van der Waals surface area contributed by atoms with Crippen LogP contribution in [-0.4, -0.2) is 18.3 Å². The van der Waals surface area contributed by atoms with Crippen LogP contribution in [0.1, 0.15) is 40.9 Å². The van der Waals surface area contributed by atoms with E-state index in [0.717, 1.165) is 16.7 Å². The summed E-state index contributed by atoms with van der Waals surface area (Å²) in [6, 6.07) is 10.9. The number of allylic oxidation sites excluding steroid dienone is 2. The molecule has 2 aromatic carbocycles. The molecule has 6 heteroatoms. The van der Waals surface area contributed by atoms with Crippen molar-refractivity contribution in [2.45, 2.75) is 26.4 Å². The molecule has 0 aliphatic carbocycles. The van der Waals surface area contributed by atoms with E-state index in [1.807, 2.05) is 26.0 Å². The zero-order valence-electron chi connectivity index (χ0n) is 17.5.